The molecule has 0 spiro atoms. The summed E-state index contributed by atoms with van der Waals surface area (Å²) in [5.41, 5.74) is 11.7. The summed E-state index contributed by atoms with van der Waals surface area (Å²) in [5.74, 6) is 0.705. The van der Waals surface area contributed by atoms with Crippen molar-refractivity contribution in [3.05, 3.63) is 17.8 Å². The number of carbonyl (C=O) groups is 1. The van der Waals surface area contributed by atoms with E-state index in [9.17, 15) is 4.79 Å². The molecule has 0 aliphatic heterocycles. The van der Waals surface area contributed by atoms with Crippen LogP contribution in [-0.2, 0) is 0 Å². The van der Waals surface area contributed by atoms with Crippen molar-refractivity contribution in [3.8, 4) is 0 Å². The van der Waals surface area contributed by atoms with E-state index >= 15 is 0 Å². The van der Waals surface area contributed by atoms with Gasteiger partial charge in [-0.1, -0.05) is 0 Å². The van der Waals surface area contributed by atoms with Crippen molar-refractivity contribution < 1.29 is 4.79 Å². The number of nitrogens with zero attached hydrogens (tertiary/aromatic N) is 1. The number of hydrogen-bond acceptors (Lipinski definition) is 4. The molecular weight excluding hydrogens is 204 g/mol. The van der Waals surface area contributed by atoms with Crippen molar-refractivity contribution in [2.75, 3.05) is 11.1 Å². The summed E-state index contributed by atoms with van der Waals surface area (Å²) >= 11 is 0. The maximum Gasteiger partial charge on any atom is 0.267 e. The number of nitrogen functional groups attached to an aromatic ring is 1. The van der Waals surface area contributed by atoms with Gasteiger partial charge in [0.1, 0.15) is 11.5 Å². The fourth-order valence-corrected chi connectivity index (χ4v) is 1.65. The Hall–Kier alpha value is -1.78. The lowest BCUT2D eigenvalue weighted by atomic mass is 10.2. The molecular formula is C11H16N4O. The van der Waals surface area contributed by atoms with Crippen LogP contribution in [0.15, 0.2) is 12.1 Å². The highest BCUT2D eigenvalue weighted by molar-refractivity contribution is 5.91. The van der Waals surface area contributed by atoms with Crippen molar-refractivity contribution in [2.45, 2.75) is 25.8 Å². The average Bonchev–Trinajstić information content (AvgIpc) is 3.04. The van der Waals surface area contributed by atoms with E-state index < -0.39 is 5.91 Å². The van der Waals surface area contributed by atoms with Gasteiger partial charge in [0.05, 0.1) is 5.69 Å². The van der Waals surface area contributed by atoms with E-state index in [1.807, 2.05) is 0 Å². The molecule has 0 aromatic carbocycles. The lowest BCUT2D eigenvalue weighted by Crippen LogP contribution is -2.21. The van der Waals surface area contributed by atoms with Crippen molar-refractivity contribution >= 4 is 17.4 Å². The summed E-state index contributed by atoms with van der Waals surface area (Å²) in [4.78, 5) is 15.1. The zero-order valence-corrected chi connectivity index (χ0v) is 9.23. The lowest BCUT2D eigenvalue weighted by Gasteiger charge is -2.15. The van der Waals surface area contributed by atoms with Crippen molar-refractivity contribution in [3.63, 3.8) is 0 Å². The fourth-order valence-electron chi connectivity index (χ4n) is 1.65. The lowest BCUT2D eigenvalue weighted by molar-refractivity contribution is 0.0995. The van der Waals surface area contributed by atoms with Gasteiger partial charge in [0.2, 0.25) is 0 Å². The number of primary amides is 1. The Morgan fingerprint density at radius 2 is 2.25 bits per heavy atom. The van der Waals surface area contributed by atoms with Gasteiger partial charge in [-0.05, 0) is 37.8 Å². The van der Waals surface area contributed by atoms with Crippen LogP contribution in [0.4, 0.5) is 11.5 Å². The first-order valence-corrected chi connectivity index (χ1v) is 5.41. The van der Waals surface area contributed by atoms with Crippen molar-refractivity contribution in [1.29, 1.82) is 0 Å². The minimum atomic E-state index is -0.540. The molecule has 5 N–H and O–H groups in total. The number of aromatic nitrogens is 1. The van der Waals surface area contributed by atoms with E-state index in [-0.39, 0.29) is 5.69 Å². The molecule has 16 heavy (non-hydrogen) atoms. The molecule has 2 rings (SSSR count). The Balaban J connectivity index is 2.17. The van der Waals surface area contributed by atoms with Crippen molar-refractivity contribution in [2.24, 2.45) is 11.7 Å². The Bertz CT molecular complexity index is 414. The molecule has 1 atom stereocenters. The van der Waals surface area contributed by atoms with Gasteiger partial charge in [0.15, 0.2) is 0 Å². The molecule has 1 heterocycles. The smallest absolute Gasteiger partial charge is 0.267 e. The zero-order valence-electron chi connectivity index (χ0n) is 9.23. The predicted octanol–water partition coefficient (Wildman–Crippen LogP) is 0.973. The maximum absolute atomic E-state index is 11.0. The third-order valence-electron chi connectivity index (χ3n) is 2.87. The minimum Gasteiger partial charge on any atom is -0.396 e. The summed E-state index contributed by atoms with van der Waals surface area (Å²) in [6, 6.07) is 3.51. The second-order valence-corrected chi connectivity index (χ2v) is 4.27. The summed E-state index contributed by atoms with van der Waals surface area (Å²) in [7, 11) is 0. The van der Waals surface area contributed by atoms with Crippen LogP contribution in [0, 0.1) is 5.92 Å². The number of hydrogen-bond donors (Lipinski definition) is 3. The first-order valence-electron chi connectivity index (χ1n) is 5.41. The molecule has 1 fully saturated rings. The molecule has 1 saturated carbocycles. The van der Waals surface area contributed by atoms with Crippen LogP contribution in [-0.4, -0.2) is 16.9 Å². The second kappa shape index (κ2) is 4.00. The average molecular weight is 220 g/mol. The topological polar surface area (TPSA) is 94.0 Å². The van der Waals surface area contributed by atoms with E-state index in [0.29, 0.717) is 23.5 Å². The van der Waals surface area contributed by atoms with E-state index in [4.69, 9.17) is 11.5 Å². The van der Waals surface area contributed by atoms with Gasteiger partial charge < -0.3 is 16.8 Å². The van der Waals surface area contributed by atoms with Crippen LogP contribution in [0.1, 0.15) is 30.3 Å². The van der Waals surface area contributed by atoms with Gasteiger partial charge >= 0.3 is 0 Å². The number of anilines is 2. The molecule has 86 valence electrons. The van der Waals surface area contributed by atoms with E-state index in [0.717, 1.165) is 0 Å². The first-order chi connectivity index (χ1) is 7.58. The summed E-state index contributed by atoms with van der Waals surface area (Å²) in [6.45, 7) is 2.09. The SMILES string of the molecule is CC(Nc1nc(C(N)=O)ccc1N)C1CC1. The van der Waals surface area contributed by atoms with Crippen molar-refractivity contribution in [1.82, 2.24) is 4.98 Å². The second-order valence-electron chi connectivity index (χ2n) is 4.27. The summed E-state index contributed by atoms with van der Waals surface area (Å²) in [6.07, 6.45) is 2.48. The zero-order chi connectivity index (χ0) is 11.7. The van der Waals surface area contributed by atoms with Crippen LogP contribution in [0.2, 0.25) is 0 Å². The van der Waals surface area contributed by atoms with Crippen LogP contribution in [0.25, 0.3) is 0 Å². The molecule has 0 radical (unpaired) electrons. The van der Waals surface area contributed by atoms with Gasteiger partial charge in [-0.25, -0.2) is 4.98 Å². The molecule has 1 aliphatic rings. The first kappa shape index (κ1) is 10.7. The van der Waals surface area contributed by atoms with Gasteiger partial charge in [-0.2, -0.15) is 0 Å². The highest BCUT2D eigenvalue weighted by Gasteiger charge is 2.28. The fraction of sp³-hybridized carbons (Fsp3) is 0.455. The predicted molar refractivity (Wildman–Crippen MR) is 63.0 cm³/mol. The monoisotopic (exact) mass is 220 g/mol. The molecule has 1 amide bonds. The number of nitrogens with two attached hydrogens (primary N) is 2. The van der Waals surface area contributed by atoms with Gasteiger partial charge in [0, 0.05) is 6.04 Å². The summed E-state index contributed by atoms with van der Waals surface area (Å²) in [5, 5.41) is 3.22. The molecule has 5 heteroatoms. The highest BCUT2D eigenvalue weighted by Crippen LogP contribution is 2.34. The quantitative estimate of drug-likeness (QED) is 0.704. The van der Waals surface area contributed by atoms with E-state index in [1.54, 1.807) is 6.07 Å². The normalized spacial score (nSPS) is 16.8. The van der Waals surface area contributed by atoms with Gasteiger partial charge in [-0.3, -0.25) is 4.79 Å². The minimum absolute atomic E-state index is 0.236. The third-order valence-corrected chi connectivity index (χ3v) is 2.87. The van der Waals surface area contributed by atoms with Crippen LogP contribution in [0.3, 0.4) is 0 Å². The number of amides is 1. The Kier molecular flexibility index (Phi) is 2.68. The standard InChI is InChI=1S/C11H16N4O/c1-6(7-2-3-7)14-11-8(12)4-5-9(15-11)10(13)16/h4-7H,2-3,12H2,1H3,(H2,13,16)(H,14,15). The molecule has 0 saturated heterocycles. The van der Waals surface area contributed by atoms with E-state index in [1.165, 1.54) is 18.9 Å². The molecule has 1 aromatic heterocycles. The molecule has 1 unspecified atom stereocenters. The Morgan fingerprint density at radius 1 is 1.56 bits per heavy atom. The number of rotatable bonds is 4. The largest absolute Gasteiger partial charge is 0.396 e. The maximum atomic E-state index is 11.0. The Labute approximate surface area is 94.2 Å². The number of pyridine rings is 1. The summed E-state index contributed by atoms with van der Waals surface area (Å²) < 4.78 is 0. The molecule has 5 nitrogen and oxygen atoms in total. The molecule has 0 bridgehead atoms. The van der Waals surface area contributed by atoms with Crippen LogP contribution < -0.4 is 16.8 Å². The van der Waals surface area contributed by atoms with Crippen LogP contribution in [0.5, 0.6) is 0 Å². The Morgan fingerprint density at radius 3 is 2.81 bits per heavy atom. The van der Waals surface area contributed by atoms with Gasteiger partial charge in [-0.15, -0.1) is 0 Å². The highest BCUT2D eigenvalue weighted by atomic mass is 16.1. The van der Waals surface area contributed by atoms with E-state index in [2.05, 4.69) is 17.2 Å². The molecule has 1 aromatic rings. The molecule has 1 aliphatic carbocycles. The third kappa shape index (κ3) is 2.24. The number of carbonyl (C=O) groups excluding carboxylic acids is 1. The number of nitrogens with one attached hydrogen (secondary N) is 1. The van der Waals surface area contributed by atoms with Gasteiger partial charge in [0.25, 0.3) is 5.91 Å². The van der Waals surface area contributed by atoms with Crippen LogP contribution >= 0.6 is 0 Å².